The average Bonchev–Trinajstić information content (AvgIpc) is 2.12. The van der Waals surface area contributed by atoms with Gasteiger partial charge >= 0.3 is 0 Å². The van der Waals surface area contributed by atoms with Crippen molar-refractivity contribution < 1.29 is 4.79 Å². The summed E-state index contributed by atoms with van der Waals surface area (Å²) in [6, 6.07) is -0.437. The molecular weight excluding hydrogens is 188 g/mol. The van der Waals surface area contributed by atoms with Crippen LogP contribution in [0.4, 0.5) is 0 Å². The molecule has 0 saturated carbocycles. The maximum absolute atomic E-state index is 12.1. The summed E-state index contributed by atoms with van der Waals surface area (Å²) < 4.78 is 0. The molecule has 0 saturated heterocycles. The highest BCUT2D eigenvalue weighted by atomic mass is 16.2. The Hall–Kier alpha value is -0.570. The average molecular weight is 214 g/mol. The van der Waals surface area contributed by atoms with Crippen molar-refractivity contribution in [2.45, 2.75) is 59.5 Å². The number of likely N-dealkylation sites (N-methyl/N-ethyl adjacent to an activating group) is 1. The fourth-order valence-corrected chi connectivity index (χ4v) is 1.11. The van der Waals surface area contributed by atoms with Crippen molar-refractivity contribution in [2.24, 2.45) is 11.1 Å². The van der Waals surface area contributed by atoms with Gasteiger partial charge in [-0.05, 0) is 25.7 Å². The van der Waals surface area contributed by atoms with Crippen LogP contribution in [0.15, 0.2) is 0 Å². The Bertz CT molecular complexity index is 228. The van der Waals surface area contributed by atoms with E-state index >= 15 is 0 Å². The molecule has 0 aromatic heterocycles. The highest BCUT2D eigenvalue weighted by molar-refractivity contribution is 5.82. The van der Waals surface area contributed by atoms with Crippen LogP contribution in [0.3, 0.4) is 0 Å². The summed E-state index contributed by atoms with van der Waals surface area (Å²) in [5, 5.41) is 0. The van der Waals surface area contributed by atoms with Crippen molar-refractivity contribution >= 4 is 5.91 Å². The molecule has 0 unspecified atom stereocenters. The van der Waals surface area contributed by atoms with E-state index in [4.69, 9.17) is 5.73 Å². The van der Waals surface area contributed by atoms with Crippen molar-refractivity contribution in [3.63, 3.8) is 0 Å². The maximum Gasteiger partial charge on any atom is 0.240 e. The van der Waals surface area contributed by atoms with Crippen LogP contribution in [-0.2, 0) is 4.79 Å². The molecule has 1 atom stereocenters. The van der Waals surface area contributed by atoms with Crippen molar-refractivity contribution in [3.05, 3.63) is 0 Å². The van der Waals surface area contributed by atoms with Crippen molar-refractivity contribution in [1.82, 2.24) is 4.90 Å². The molecule has 15 heavy (non-hydrogen) atoms. The minimum absolute atomic E-state index is 0.0225. The van der Waals surface area contributed by atoms with E-state index in [2.05, 4.69) is 20.8 Å². The Labute approximate surface area is 94.0 Å². The first kappa shape index (κ1) is 14.4. The molecular formula is C12H26N2O. The van der Waals surface area contributed by atoms with Crippen molar-refractivity contribution in [3.8, 4) is 0 Å². The first-order valence-corrected chi connectivity index (χ1v) is 5.57. The number of hydrogen-bond acceptors (Lipinski definition) is 2. The van der Waals surface area contributed by atoms with E-state index in [0.717, 1.165) is 6.42 Å². The Balaban J connectivity index is 4.74. The van der Waals surface area contributed by atoms with E-state index in [1.165, 1.54) is 0 Å². The standard InChI is InChI=1S/C12H26N2O/c1-8-12(5,6)14(7)10(15)9(13)11(2,3)4/h9H,8,13H2,1-7H3/t9-/m0/s1. The highest BCUT2D eigenvalue weighted by Crippen LogP contribution is 2.23. The third-order valence-electron chi connectivity index (χ3n) is 3.30. The van der Waals surface area contributed by atoms with Crippen molar-refractivity contribution in [2.75, 3.05) is 7.05 Å². The lowest BCUT2D eigenvalue weighted by Gasteiger charge is -2.39. The van der Waals surface area contributed by atoms with Crippen LogP contribution in [0.25, 0.3) is 0 Å². The molecule has 0 rings (SSSR count). The maximum atomic E-state index is 12.1. The van der Waals surface area contributed by atoms with Gasteiger partial charge in [0.1, 0.15) is 0 Å². The molecule has 0 aliphatic heterocycles. The summed E-state index contributed by atoms with van der Waals surface area (Å²) in [5.74, 6) is 0.0225. The number of nitrogens with zero attached hydrogens (tertiary/aromatic N) is 1. The van der Waals surface area contributed by atoms with Gasteiger partial charge in [0.2, 0.25) is 5.91 Å². The van der Waals surface area contributed by atoms with E-state index in [1.807, 2.05) is 27.8 Å². The minimum atomic E-state index is -0.437. The molecule has 0 fully saturated rings. The van der Waals surface area contributed by atoms with E-state index in [-0.39, 0.29) is 16.9 Å². The molecule has 0 heterocycles. The van der Waals surface area contributed by atoms with Gasteiger partial charge in [-0.3, -0.25) is 4.79 Å². The van der Waals surface area contributed by atoms with Crippen LogP contribution in [-0.4, -0.2) is 29.4 Å². The van der Waals surface area contributed by atoms with Gasteiger partial charge in [0, 0.05) is 12.6 Å². The normalized spacial score (nSPS) is 14.9. The predicted octanol–water partition coefficient (Wildman–Crippen LogP) is 2.01. The molecule has 0 aromatic carbocycles. The minimum Gasteiger partial charge on any atom is -0.339 e. The summed E-state index contributed by atoms with van der Waals surface area (Å²) in [4.78, 5) is 13.9. The third kappa shape index (κ3) is 3.49. The molecule has 0 aromatic rings. The Morgan fingerprint density at radius 2 is 1.67 bits per heavy atom. The van der Waals surface area contributed by atoms with Gasteiger partial charge in [-0.1, -0.05) is 27.7 Å². The number of carbonyl (C=O) groups is 1. The zero-order chi connectivity index (χ0) is 12.4. The van der Waals surface area contributed by atoms with E-state index < -0.39 is 6.04 Å². The third-order valence-corrected chi connectivity index (χ3v) is 3.30. The molecule has 3 heteroatoms. The molecule has 0 aliphatic carbocycles. The molecule has 1 amide bonds. The molecule has 0 aliphatic rings. The number of amides is 1. The highest BCUT2D eigenvalue weighted by Gasteiger charge is 2.34. The topological polar surface area (TPSA) is 46.3 Å². The van der Waals surface area contributed by atoms with E-state index in [1.54, 1.807) is 4.90 Å². The summed E-state index contributed by atoms with van der Waals surface area (Å²) in [6.07, 6.45) is 0.923. The van der Waals surface area contributed by atoms with Gasteiger partial charge < -0.3 is 10.6 Å². The zero-order valence-corrected chi connectivity index (χ0v) is 11.2. The molecule has 0 bridgehead atoms. The summed E-state index contributed by atoms with van der Waals surface area (Å²) in [5.41, 5.74) is 5.64. The van der Waals surface area contributed by atoms with Gasteiger partial charge in [-0.15, -0.1) is 0 Å². The van der Waals surface area contributed by atoms with Crippen LogP contribution < -0.4 is 5.73 Å². The van der Waals surface area contributed by atoms with Crippen LogP contribution in [0, 0.1) is 5.41 Å². The van der Waals surface area contributed by atoms with Crippen LogP contribution >= 0.6 is 0 Å². The SMILES string of the molecule is CCC(C)(C)N(C)C(=O)[C@H](N)C(C)(C)C. The van der Waals surface area contributed by atoms with E-state index in [9.17, 15) is 4.79 Å². The first-order chi connectivity index (χ1) is 6.54. The lowest BCUT2D eigenvalue weighted by Crippen LogP contribution is -2.55. The van der Waals surface area contributed by atoms with E-state index in [0.29, 0.717) is 0 Å². The smallest absolute Gasteiger partial charge is 0.240 e. The molecule has 2 N–H and O–H groups in total. The van der Waals surface area contributed by atoms with Gasteiger partial charge in [-0.25, -0.2) is 0 Å². The molecule has 90 valence electrons. The Kier molecular flexibility index (Phi) is 4.35. The second-order valence-electron chi connectivity index (χ2n) is 5.91. The second-order valence-corrected chi connectivity index (χ2v) is 5.91. The molecule has 0 spiro atoms. The molecule has 3 nitrogen and oxygen atoms in total. The fraction of sp³-hybridized carbons (Fsp3) is 0.917. The number of hydrogen-bond donors (Lipinski definition) is 1. The summed E-state index contributed by atoms with van der Waals surface area (Å²) in [7, 11) is 1.83. The van der Waals surface area contributed by atoms with Crippen LogP contribution in [0.5, 0.6) is 0 Å². The van der Waals surface area contributed by atoms with Gasteiger partial charge in [-0.2, -0.15) is 0 Å². The van der Waals surface area contributed by atoms with Gasteiger partial charge in [0.05, 0.1) is 6.04 Å². The predicted molar refractivity (Wildman–Crippen MR) is 64.6 cm³/mol. The van der Waals surface area contributed by atoms with Gasteiger partial charge in [0.25, 0.3) is 0 Å². The number of carbonyl (C=O) groups excluding carboxylic acids is 1. The van der Waals surface area contributed by atoms with Crippen LogP contribution in [0.1, 0.15) is 48.0 Å². The Morgan fingerprint density at radius 3 is 1.93 bits per heavy atom. The van der Waals surface area contributed by atoms with Crippen molar-refractivity contribution in [1.29, 1.82) is 0 Å². The Morgan fingerprint density at radius 1 is 1.27 bits per heavy atom. The lowest BCUT2D eigenvalue weighted by atomic mass is 9.85. The monoisotopic (exact) mass is 214 g/mol. The lowest BCUT2D eigenvalue weighted by molar-refractivity contribution is -0.138. The second kappa shape index (κ2) is 4.52. The fourth-order valence-electron chi connectivity index (χ4n) is 1.11. The first-order valence-electron chi connectivity index (χ1n) is 5.57. The summed E-state index contributed by atoms with van der Waals surface area (Å²) in [6.45, 7) is 12.2. The van der Waals surface area contributed by atoms with Crippen LogP contribution in [0.2, 0.25) is 0 Å². The summed E-state index contributed by atoms with van der Waals surface area (Å²) >= 11 is 0. The number of rotatable bonds is 3. The largest absolute Gasteiger partial charge is 0.339 e. The zero-order valence-electron chi connectivity index (χ0n) is 11.2. The quantitative estimate of drug-likeness (QED) is 0.781. The number of nitrogens with two attached hydrogens (primary N) is 1. The molecule has 0 radical (unpaired) electrons. The van der Waals surface area contributed by atoms with Gasteiger partial charge in [0.15, 0.2) is 0 Å².